The van der Waals surface area contributed by atoms with E-state index in [9.17, 15) is 15.0 Å². The zero-order valence-electron chi connectivity index (χ0n) is 13.9. The first-order valence-corrected chi connectivity index (χ1v) is 8.24. The third kappa shape index (κ3) is 3.52. The van der Waals surface area contributed by atoms with E-state index in [1.54, 1.807) is 0 Å². The molecular weight excluding hydrogens is 280 g/mol. The minimum atomic E-state index is -0.305. The van der Waals surface area contributed by atoms with Gasteiger partial charge in [0.25, 0.3) is 0 Å². The van der Waals surface area contributed by atoms with Gasteiger partial charge in [0, 0.05) is 37.0 Å². The lowest BCUT2D eigenvalue weighted by atomic mass is 9.99. The molecule has 0 aliphatic carbocycles. The molecule has 22 heavy (non-hydrogen) atoms. The Balaban J connectivity index is 2.37. The van der Waals surface area contributed by atoms with E-state index >= 15 is 0 Å². The predicted molar refractivity (Wildman–Crippen MR) is 87.2 cm³/mol. The molecule has 5 heteroatoms. The number of rotatable bonds is 5. The van der Waals surface area contributed by atoms with Crippen LogP contribution in [-0.2, 0) is 6.54 Å². The molecule has 1 aliphatic rings. The zero-order valence-corrected chi connectivity index (χ0v) is 13.9. The fourth-order valence-corrected chi connectivity index (χ4v) is 3.60. The first-order chi connectivity index (χ1) is 10.5. The summed E-state index contributed by atoms with van der Waals surface area (Å²) in [5.74, 6) is -0.132. The number of aliphatic hydroxyl groups is 1. The maximum atomic E-state index is 12.0. The number of aromatic nitrogens is 1. The van der Waals surface area contributed by atoms with Crippen molar-refractivity contribution in [3.8, 4) is 5.75 Å². The number of pyridine rings is 1. The van der Waals surface area contributed by atoms with Crippen molar-refractivity contribution in [1.29, 1.82) is 0 Å². The molecule has 0 amide bonds. The van der Waals surface area contributed by atoms with Crippen LogP contribution in [0.25, 0.3) is 0 Å². The molecular formula is C17H28N2O3. The van der Waals surface area contributed by atoms with Gasteiger partial charge in [0.2, 0.25) is 5.43 Å². The summed E-state index contributed by atoms with van der Waals surface area (Å²) in [4.78, 5) is 14.3. The molecule has 2 heterocycles. The molecule has 0 saturated carbocycles. The molecule has 124 valence electrons. The summed E-state index contributed by atoms with van der Waals surface area (Å²) < 4.78 is 2.04. The van der Waals surface area contributed by atoms with Gasteiger partial charge >= 0.3 is 0 Å². The molecule has 1 fully saturated rings. The van der Waals surface area contributed by atoms with E-state index in [0.717, 1.165) is 31.5 Å². The van der Waals surface area contributed by atoms with E-state index in [4.69, 9.17) is 0 Å². The van der Waals surface area contributed by atoms with Crippen molar-refractivity contribution in [2.75, 3.05) is 13.2 Å². The summed E-state index contributed by atoms with van der Waals surface area (Å²) in [6.45, 7) is 7.71. The summed E-state index contributed by atoms with van der Waals surface area (Å²) in [6, 6.07) is 2.01. The molecule has 1 atom stereocenters. The Kier molecular flexibility index (Phi) is 5.64. The second-order valence-electron chi connectivity index (χ2n) is 6.54. The third-order valence-corrected chi connectivity index (χ3v) is 4.60. The Bertz CT molecular complexity index is 564. The smallest absolute Gasteiger partial charge is 0.223 e. The maximum absolute atomic E-state index is 12.0. The van der Waals surface area contributed by atoms with Crippen LogP contribution in [0.3, 0.4) is 0 Å². The number of aryl methyl sites for hydroxylation is 1. The SMILES string of the molecule is Cc1cc(=O)c(O)c(CN2CCCCC2CCO)n1C(C)C. The van der Waals surface area contributed by atoms with Gasteiger partial charge in [-0.3, -0.25) is 9.69 Å². The molecule has 1 aromatic rings. The van der Waals surface area contributed by atoms with Crippen LogP contribution in [0.1, 0.15) is 57.0 Å². The number of hydrogen-bond acceptors (Lipinski definition) is 4. The van der Waals surface area contributed by atoms with Crippen molar-refractivity contribution in [3.63, 3.8) is 0 Å². The minimum Gasteiger partial charge on any atom is -0.503 e. The number of hydrogen-bond donors (Lipinski definition) is 2. The summed E-state index contributed by atoms with van der Waals surface area (Å²) in [5.41, 5.74) is 1.27. The van der Waals surface area contributed by atoms with Crippen molar-refractivity contribution in [2.24, 2.45) is 0 Å². The monoisotopic (exact) mass is 308 g/mol. The highest BCUT2D eigenvalue weighted by Crippen LogP contribution is 2.26. The van der Waals surface area contributed by atoms with E-state index in [1.165, 1.54) is 12.5 Å². The lowest BCUT2D eigenvalue weighted by molar-refractivity contribution is 0.108. The second kappa shape index (κ2) is 7.29. The number of aliphatic hydroxyl groups excluding tert-OH is 1. The number of likely N-dealkylation sites (tertiary alicyclic amines) is 1. The van der Waals surface area contributed by atoms with Gasteiger partial charge in [0.15, 0.2) is 5.75 Å². The predicted octanol–water partition coefficient (Wildman–Crippen LogP) is 2.18. The van der Waals surface area contributed by atoms with Crippen molar-refractivity contribution in [2.45, 2.75) is 65.1 Å². The first kappa shape index (κ1) is 17.0. The van der Waals surface area contributed by atoms with Crippen LogP contribution in [-0.4, -0.2) is 38.9 Å². The maximum Gasteiger partial charge on any atom is 0.223 e. The Morgan fingerprint density at radius 3 is 2.73 bits per heavy atom. The molecule has 0 bridgehead atoms. The largest absolute Gasteiger partial charge is 0.503 e. The van der Waals surface area contributed by atoms with Gasteiger partial charge < -0.3 is 14.8 Å². The lowest BCUT2D eigenvalue weighted by Gasteiger charge is -2.36. The van der Waals surface area contributed by atoms with E-state index in [-0.39, 0.29) is 23.8 Å². The lowest BCUT2D eigenvalue weighted by Crippen LogP contribution is -2.40. The fraction of sp³-hybridized carbons (Fsp3) is 0.706. The van der Waals surface area contributed by atoms with E-state index < -0.39 is 0 Å². The zero-order chi connectivity index (χ0) is 16.3. The summed E-state index contributed by atoms with van der Waals surface area (Å²) in [6.07, 6.45) is 4.12. The van der Waals surface area contributed by atoms with Crippen LogP contribution >= 0.6 is 0 Å². The van der Waals surface area contributed by atoms with Crippen LogP contribution in [0.15, 0.2) is 10.9 Å². The van der Waals surface area contributed by atoms with Gasteiger partial charge in [0.1, 0.15) is 0 Å². The average molecular weight is 308 g/mol. The quantitative estimate of drug-likeness (QED) is 0.875. The molecule has 1 unspecified atom stereocenters. The van der Waals surface area contributed by atoms with Gasteiger partial charge in [-0.05, 0) is 46.6 Å². The molecule has 1 aromatic heterocycles. The van der Waals surface area contributed by atoms with Gasteiger partial charge in [-0.25, -0.2) is 0 Å². The summed E-state index contributed by atoms with van der Waals surface area (Å²) in [7, 11) is 0. The van der Waals surface area contributed by atoms with Crippen molar-refractivity contribution >= 4 is 0 Å². The van der Waals surface area contributed by atoms with Crippen LogP contribution in [0.2, 0.25) is 0 Å². The number of aromatic hydroxyl groups is 1. The third-order valence-electron chi connectivity index (χ3n) is 4.60. The highest BCUT2D eigenvalue weighted by Gasteiger charge is 2.25. The fourth-order valence-electron chi connectivity index (χ4n) is 3.60. The van der Waals surface area contributed by atoms with Crippen molar-refractivity contribution in [1.82, 2.24) is 9.47 Å². The normalized spacial score (nSPS) is 19.8. The van der Waals surface area contributed by atoms with Crippen LogP contribution in [0.5, 0.6) is 5.75 Å². The molecule has 0 radical (unpaired) electrons. The van der Waals surface area contributed by atoms with Crippen molar-refractivity contribution in [3.05, 3.63) is 27.7 Å². The Morgan fingerprint density at radius 1 is 1.36 bits per heavy atom. The van der Waals surface area contributed by atoms with Gasteiger partial charge in [0.05, 0.1) is 5.69 Å². The Labute approximate surface area is 132 Å². The van der Waals surface area contributed by atoms with Gasteiger partial charge in [-0.15, -0.1) is 0 Å². The van der Waals surface area contributed by atoms with Gasteiger partial charge in [-0.2, -0.15) is 0 Å². The molecule has 2 N–H and O–H groups in total. The van der Waals surface area contributed by atoms with E-state index in [0.29, 0.717) is 18.3 Å². The van der Waals surface area contributed by atoms with Crippen molar-refractivity contribution < 1.29 is 10.2 Å². The first-order valence-electron chi connectivity index (χ1n) is 8.24. The molecule has 0 aromatic carbocycles. The van der Waals surface area contributed by atoms with Crippen LogP contribution in [0.4, 0.5) is 0 Å². The second-order valence-corrected chi connectivity index (χ2v) is 6.54. The number of nitrogens with zero attached hydrogens (tertiary/aromatic N) is 2. The van der Waals surface area contributed by atoms with Crippen LogP contribution < -0.4 is 5.43 Å². The molecule has 0 spiro atoms. The Morgan fingerprint density at radius 2 is 2.09 bits per heavy atom. The van der Waals surface area contributed by atoms with Gasteiger partial charge in [-0.1, -0.05) is 6.42 Å². The highest BCUT2D eigenvalue weighted by molar-refractivity contribution is 5.30. The molecule has 1 aliphatic heterocycles. The highest BCUT2D eigenvalue weighted by atomic mass is 16.3. The molecule has 5 nitrogen and oxygen atoms in total. The summed E-state index contributed by atoms with van der Waals surface area (Å²) in [5, 5.41) is 19.5. The van der Waals surface area contributed by atoms with E-state index in [1.807, 2.05) is 11.5 Å². The summed E-state index contributed by atoms with van der Waals surface area (Å²) >= 11 is 0. The molecule has 2 rings (SSSR count). The Hall–Kier alpha value is -1.33. The van der Waals surface area contributed by atoms with Crippen LogP contribution in [0, 0.1) is 6.92 Å². The molecule has 1 saturated heterocycles. The topological polar surface area (TPSA) is 65.7 Å². The number of piperidine rings is 1. The van der Waals surface area contributed by atoms with E-state index in [2.05, 4.69) is 18.7 Å². The standard InChI is InChI=1S/C17H28N2O3/c1-12(2)19-13(3)10-16(21)17(22)15(19)11-18-8-5-4-6-14(18)7-9-20/h10,12,14,20,22H,4-9,11H2,1-3H3. The minimum absolute atomic E-state index is 0.132. The average Bonchev–Trinajstić information content (AvgIpc) is 2.46.